The number of aromatic amines is 1. The molecule has 9 heteroatoms. The minimum absolute atomic E-state index is 0.182. The fourth-order valence-electron chi connectivity index (χ4n) is 3.53. The molecule has 0 aliphatic carbocycles. The van der Waals surface area contributed by atoms with Gasteiger partial charge in [0.05, 0.1) is 34.2 Å². The lowest BCUT2D eigenvalue weighted by molar-refractivity contribution is 0.591. The molecule has 0 spiro atoms. The van der Waals surface area contributed by atoms with Crippen molar-refractivity contribution in [1.29, 1.82) is 0 Å². The van der Waals surface area contributed by atoms with Crippen LogP contribution in [0.4, 0.5) is 5.69 Å². The zero-order valence-electron chi connectivity index (χ0n) is 18.6. The molecule has 33 heavy (non-hydrogen) atoms. The highest BCUT2D eigenvalue weighted by atomic mass is 35.5. The topological polar surface area (TPSA) is 105 Å². The van der Waals surface area contributed by atoms with Crippen LogP contribution in [-0.4, -0.2) is 29.6 Å². The first-order valence-electron chi connectivity index (χ1n) is 10.2. The number of rotatable bonds is 4. The zero-order valence-corrected chi connectivity index (χ0v) is 20.2. The maximum Gasteiger partial charge on any atom is 0.255 e. The summed E-state index contributed by atoms with van der Waals surface area (Å²) in [5, 5.41) is 0.337. The molecule has 0 atom stereocenters. The molecule has 0 saturated heterocycles. The molecule has 2 aromatic heterocycles. The number of sulfonamides is 1. The van der Waals surface area contributed by atoms with E-state index in [4.69, 9.17) is 16.6 Å². The summed E-state index contributed by atoms with van der Waals surface area (Å²) in [4.78, 5) is 24.7. The van der Waals surface area contributed by atoms with Crippen molar-refractivity contribution in [2.75, 3.05) is 11.0 Å². The summed E-state index contributed by atoms with van der Waals surface area (Å²) in [5.74, 6) is 0. The summed E-state index contributed by atoms with van der Waals surface area (Å²) in [5.41, 5.74) is 4.61. The first kappa shape index (κ1) is 22.9. The summed E-state index contributed by atoms with van der Waals surface area (Å²) in [7, 11) is -3.42. The van der Waals surface area contributed by atoms with Crippen LogP contribution in [-0.2, 0) is 15.4 Å². The molecule has 4 rings (SSSR count). The third-order valence-electron chi connectivity index (χ3n) is 5.17. The number of hydrogen-bond acceptors (Lipinski definition) is 5. The Morgan fingerprint density at radius 3 is 2.42 bits per heavy atom. The molecule has 0 aliphatic rings. The molecule has 2 aromatic carbocycles. The van der Waals surface area contributed by atoms with E-state index in [2.05, 4.69) is 35.5 Å². The third-order valence-corrected chi connectivity index (χ3v) is 6.09. The number of aromatic nitrogens is 3. The van der Waals surface area contributed by atoms with Crippen LogP contribution in [0.1, 0.15) is 26.3 Å². The average molecular weight is 483 g/mol. The molecular formula is C24H23ClN4O3S. The lowest BCUT2D eigenvalue weighted by Gasteiger charge is -2.21. The van der Waals surface area contributed by atoms with Crippen molar-refractivity contribution < 1.29 is 8.42 Å². The van der Waals surface area contributed by atoms with E-state index in [1.165, 1.54) is 6.07 Å². The Morgan fingerprint density at radius 2 is 1.79 bits per heavy atom. The molecule has 7 nitrogen and oxygen atoms in total. The van der Waals surface area contributed by atoms with Crippen LogP contribution in [0.5, 0.6) is 0 Å². The highest BCUT2D eigenvalue weighted by Crippen LogP contribution is 2.34. The van der Waals surface area contributed by atoms with Gasteiger partial charge in [-0.15, -0.1) is 0 Å². The van der Waals surface area contributed by atoms with Crippen molar-refractivity contribution in [3.8, 4) is 22.4 Å². The van der Waals surface area contributed by atoms with Crippen molar-refractivity contribution in [1.82, 2.24) is 15.0 Å². The van der Waals surface area contributed by atoms with Crippen molar-refractivity contribution >= 4 is 38.3 Å². The molecule has 0 bridgehead atoms. The predicted octanol–water partition coefficient (Wildman–Crippen LogP) is 4.97. The minimum atomic E-state index is -3.42. The monoisotopic (exact) mass is 482 g/mol. The Morgan fingerprint density at radius 1 is 1.03 bits per heavy atom. The summed E-state index contributed by atoms with van der Waals surface area (Å²) in [6, 6.07) is 12.3. The molecule has 170 valence electrons. The van der Waals surface area contributed by atoms with Crippen LogP contribution in [0.3, 0.4) is 0 Å². The Bertz CT molecular complexity index is 1540. The van der Waals surface area contributed by atoms with E-state index in [0.29, 0.717) is 44.1 Å². The minimum Gasteiger partial charge on any atom is -0.329 e. The summed E-state index contributed by atoms with van der Waals surface area (Å²) < 4.78 is 25.4. The van der Waals surface area contributed by atoms with Crippen molar-refractivity contribution in [3.63, 3.8) is 0 Å². The number of nitrogens with one attached hydrogen (secondary N) is 2. The lowest BCUT2D eigenvalue weighted by atomic mass is 9.85. The smallest absolute Gasteiger partial charge is 0.255 e. The van der Waals surface area contributed by atoms with Gasteiger partial charge in [0.15, 0.2) is 0 Å². The van der Waals surface area contributed by atoms with E-state index in [9.17, 15) is 13.2 Å². The van der Waals surface area contributed by atoms with Crippen molar-refractivity contribution in [3.05, 3.63) is 75.8 Å². The van der Waals surface area contributed by atoms with E-state index < -0.39 is 10.0 Å². The second kappa shape index (κ2) is 8.28. The number of halogens is 1. The molecule has 0 amide bonds. The lowest BCUT2D eigenvalue weighted by Crippen LogP contribution is -2.13. The molecule has 4 aromatic rings. The van der Waals surface area contributed by atoms with Crippen LogP contribution in [0.25, 0.3) is 33.4 Å². The van der Waals surface area contributed by atoms with Crippen molar-refractivity contribution in [2.45, 2.75) is 26.2 Å². The number of nitrogens with zero attached hydrogens (tertiary/aromatic N) is 2. The average Bonchev–Trinajstić information content (AvgIpc) is 2.71. The van der Waals surface area contributed by atoms with E-state index in [1.54, 1.807) is 36.7 Å². The van der Waals surface area contributed by atoms with Gasteiger partial charge in [0.1, 0.15) is 0 Å². The van der Waals surface area contributed by atoms with Gasteiger partial charge in [0.2, 0.25) is 10.0 Å². The standard InChI is InChI=1S/C24H23ClN4O3S/c1-24(2,3)14-10-18(16-6-5-9-26-23(16)30)22-20(11-14)28-21(13-27-22)17-8-7-15(12-19(17)25)29-33(4,31)32/h5-13,29H,1-4H3,(H,26,30). The number of anilines is 1. The molecule has 0 fully saturated rings. The molecule has 2 N–H and O–H groups in total. The fourth-order valence-corrected chi connectivity index (χ4v) is 4.36. The fraction of sp³-hybridized carbons (Fsp3) is 0.208. The van der Waals surface area contributed by atoms with Gasteiger partial charge in [0.25, 0.3) is 5.56 Å². The number of H-pyrrole nitrogens is 1. The number of pyridine rings is 1. The Hall–Kier alpha value is -3.23. The van der Waals surface area contributed by atoms with E-state index in [1.807, 2.05) is 12.1 Å². The SMILES string of the molecule is CC(C)(C)c1cc(-c2ccc[nH]c2=O)c2ncc(-c3ccc(NS(C)(=O)=O)cc3Cl)nc2c1. The van der Waals surface area contributed by atoms with Gasteiger partial charge < -0.3 is 4.98 Å². The second-order valence-electron chi connectivity index (χ2n) is 8.88. The number of hydrogen-bond donors (Lipinski definition) is 2. The second-order valence-corrected chi connectivity index (χ2v) is 11.0. The zero-order chi connectivity index (χ0) is 24.0. The molecule has 0 radical (unpaired) electrons. The summed E-state index contributed by atoms with van der Waals surface area (Å²) in [6.45, 7) is 6.28. The molecular weight excluding hydrogens is 460 g/mol. The number of fused-ring (bicyclic) bond motifs is 1. The molecule has 0 unspecified atom stereocenters. The number of benzene rings is 2. The first-order chi connectivity index (χ1) is 15.4. The predicted molar refractivity (Wildman–Crippen MR) is 133 cm³/mol. The van der Waals surface area contributed by atoms with E-state index in [0.717, 1.165) is 11.8 Å². The maximum absolute atomic E-state index is 12.5. The van der Waals surface area contributed by atoms with Crippen LogP contribution < -0.4 is 10.3 Å². The first-order valence-corrected chi connectivity index (χ1v) is 12.5. The van der Waals surface area contributed by atoms with Gasteiger partial charge in [0, 0.05) is 28.6 Å². The van der Waals surface area contributed by atoms with Gasteiger partial charge >= 0.3 is 0 Å². The Kier molecular flexibility index (Phi) is 5.76. The summed E-state index contributed by atoms with van der Waals surface area (Å²) in [6.07, 6.45) is 4.27. The van der Waals surface area contributed by atoms with Gasteiger partial charge in [-0.2, -0.15) is 0 Å². The Labute approximate surface area is 196 Å². The molecule has 0 saturated carbocycles. The normalized spacial score (nSPS) is 12.2. The maximum atomic E-state index is 12.5. The van der Waals surface area contributed by atoms with Crippen LogP contribution in [0.15, 0.2) is 59.7 Å². The largest absolute Gasteiger partial charge is 0.329 e. The molecule has 0 aliphatic heterocycles. The highest BCUT2D eigenvalue weighted by Gasteiger charge is 2.20. The van der Waals surface area contributed by atoms with E-state index >= 15 is 0 Å². The van der Waals surface area contributed by atoms with Gasteiger partial charge in [-0.25, -0.2) is 13.4 Å². The molecule has 2 heterocycles. The quantitative estimate of drug-likeness (QED) is 0.427. The van der Waals surface area contributed by atoms with E-state index in [-0.39, 0.29) is 11.0 Å². The van der Waals surface area contributed by atoms with Crippen molar-refractivity contribution in [2.24, 2.45) is 0 Å². The Balaban J connectivity index is 1.91. The van der Waals surface area contributed by atoms with Crippen LogP contribution in [0, 0.1) is 0 Å². The highest BCUT2D eigenvalue weighted by molar-refractivity contribution is 7.92. The van der Waals surface area contributed by atoms with Crippen LogP contribution in [0.2, 0.25) is 5.02 Å². The van der Waals surface area contributed by atoms with Gasteiger partial charge in [-0.3, -0.25) is 14.5 Å². The van der Waals surface area contributed by atoms with Gasteiger partial charge in [-0.1, -0.05) is 32.4 Å². The summed E-state index contributed by atoms with van der Waals surface area (Å²) >= 11 is 6.45. The third kappa shape index (κ3) is 4.91. The van der Waals surface area contributed by atoms with Gasteiger partial charge in [-0.05, 0) is 53.4 Å². The van der Waals surface area contributed by atoms with Crippen LogP contribution >= 0.6 is 11.6 Å².